The third kappa shape index (κ3) is 5.38. The molecule has 150 valence electrons. The van der Waals surface area contributed by atoms with E-state index in [9.17, 15) is 4.79 Å². The van der Waals surface area contributed by atoms with E-state index in [0.29, 0.717) is 12.5 Å². The molecule has 1 saturated carbocycles. The first-order chi connectivity index (χ1) is 13.5. The van der Waals surface area contributed by atoms with E-state index < -0.39 is 0 Å². The van der Waals surface area contributed by atoms with Crippen LogP contribution in [0.3, 0.4) is 0 Å². The maximum Gasteiger partial charge on any atom is 0.243 e. The summed E-state index contributed by atoms with van der Waals surface area (Å²) in [6.07, 6.45) is 4.70. The Morgan fingerprint density at radius 1 is 1.21 bits per heavy atom. The van der Waals surface area contributed by atoms with Gasteiger partial charge in [0.1, 0.15) is 12.3 Å². The van der Waals surface area contributed by atoms with Crippen LogP contribution < -0.4 is 10.6 Å². The summed E-state index contributed by atoms with van der Waals surface area (Å²) in [6, 6.07) is 12.2. The summed E-state index contributed by atoms with van der Waals surface area (Å²) in [5.74, 6) is 1.54. The van der Waals surface area contributed by atoms with Gasteiger partial charge < -0.3 is 20.0 Å². The highest BCUT2D eigenvalue weighted by Gasteiger charge is 2.45. The van der Waals surface area contributed by atoms with Crippen molar-refractivity contribution < 1.29 is 9.21 Å². The molecule has 1 aromatic carbocycles. The SMILES string of the molecule is CN(C)C(=O)CN=C(NCCc1ccco1)NCC1(c2ccccc2Br)CC1. The van der Waals surface area contributed by atoms with Gasteiger partial charge in [-0.05, 0) is 36.6 Å². The number of halogens is 1. The van der Waals surface area contributed by atoms with Gasteiger partial charge in [0, 0.05) is 43.5 Å². The van der Waals surface area contributed by atoms with Gasteiger partial charge in [0.15, 0.2) is 5.96 Å². The van der Waals surface area contributed by atoms with E-state index in [0.717, 1.165) is 36.0 Å². The summed E-state index contributed by atoms with van der Waals surface area (Å²) in [4.78, 5) is 18.0. The van der Waals surface area contributed by atoms with Crippen molar-refractivity contribution in [1.29, 1.82) is 0 Å². The van der Waals surface area contributed by atoms with Crippen molar-refractivity contribution in [2.24, 2.45) is 4.99 Å². The predicted octanol–water partition coefficient (Wildman–Crippen LogP) is 2.94. The summed E-state index contributed by atoms with van der Waals surface area (Å²) >= 11 is 3.67. The van der Waals surface area contributed by atoms with Crippen molar-refractivity contribution in [3.05, 3.63) is 58.5 Å². The number of carbonyl (C=O) groups excluding carboxylic acids is 1. The molecule has 28 heavy (non-hydrogen) atoms. The van der Waals surface area contributed by atoms with E-state index >= 15 is 0 Å². The minimum Gasteiger partial charge on any atom is -0.469 e. The number of aliphatic imine (C=N–C) groups is 1. The normalized spacial score (nSPS) is 15.2. The topological polar surface area (TPSA) is 69.9 Å². The Kier molecular flexibility index (Phi) is 6.78. The van der Waals surface area contributed by atoms with Crippen LogP contribution in [0.5, 0.6) is 0 Å². The minimum absolute atomic E-state index is 0.0286. The number of likely N-dealkylation sites (N-methyl/N-ethyl adjacent to an activating group) is 1. The van der Waals surface area contributed by atoms with Crippen LogP contribution in [-0.4, -0.2) is 50.5 Å². The van der Waals surface area contributed by atoms with Crippen LogP contribution in [0, 0.1) is 0 Å². The Hall–Kier alpha value is -2.28. The van der Waals surface area contributed by atoms with Crippen LogP contribution in [0.2, 0.25) is 0 Å². The van der Waals surface area contributed by atoms with Gasteiger partial charge in [0.25, 0.3) is 0 Å². The van der Waals surface area contributed by atoms with E-state index in [1.165, 1.54) is 5.56 Å². The Morgan fingerprint density at radius 2 is 2.00 bits per heavy atom. The number of hydrogen-bond acceptors (Lipinski definition) is 3. The molecule has 0 spiro atoms. The Balaban J connectivity index is 1.62. The van der Waals surface area contributed by atoms with E-state index in [1.54, 1.807) is 25.3 Å². The van der Waals surface area contributed by atoms with Crippen molar-refractivity contribution in [1.82, 2.24) is 15.5 Å². The van der Waals surface area contributed by atoms with Crippen LogP contribution >= 0.6 is 15.9 Å². The molecular weight excluding hydrogens is 420 g/mol. The van der Waals surface area contributed by atoms with Crippen LogP contribution in [-0.2, 0) is 16.6 Å². The number of benzene rings is 1. The zero-order valence-electron chi connectivity index (χ0n) is 16.4. The average Bonchev–Trinajstić information content (AvgIpc) is 3.28. The monoisotopic (exact) mass is 446 g/mol. The van der Waals surface area contributed by atoms with Crippen molar-refractivity contribution in [2.45, 2.75) is 24.7 Å². The molecule has 1 fully saturated rings. The quantitative estimate of drug-likeness (QED) is 0.483. The first-order valence-corrected chi connectivity index (χ1v) is 10.3. The lowest BCUT2D eigenvalue weighted by atomic mass is 9.96. The largest absolute Gasteiger partial charge is 0.469 e. The van der Waals surface area contributed by atoms with Gasteiger partial charge in [-0.25, -0.2) is 4.99 Å². The predicted molar refractivity (Wildman–Crippen MR) is 114 cm³/mol. The molecule has 0 atom stereocenters. The summed E-state index contributed by atoms with van der Waals surface area (Å²) in [5.41, 5.74) is 1.44. The van der Waals surface area contributed by atoms with Crippen molar-refractivity contribution >= 4 is 27.8 Å². The van der Waals surface area contributed by atoms with E-state index in [2.05, 4.69) is 49.8 Å². The fraction of sp³-hybridized carbons (Fsp3) is 0.429. The van der Waals surface area contributed by atoms with Gasteiger partial charge >= 0.3 is 0 Å². The minimum atomic E-state index is -0.0286. The van der Waals surface area contributed by atoms with E-state index in [1.807, 2.05) is 18.2 Å². The molecule has 6 nitrogen and oxygen atoms in total. The highest BCUT2D eigenvalue weighted by Crippen LogP contribution is 2.49. The second-order valence-electron chi connectivity index (χ2n) is 7.32. The standard InChI is InChI=1S/C21H27BrN4O2/c1-26(2)19(27)14-24-20(23-12-9-16-6-5-13-28-16)25-15-21(10-11-21)17-7-3-4-8-18(17)22/h3-8,13H,9-12,14-15H2,1-2H3,(H2,23,24,25). The zero-order valence-corrected chi connectivity index (χ0v) is 18.0. The number of guanidine groups is 1. The molecular formula is C21H27BrN4O2. The smallest absolute Gasteiger partial charge is 0.243 e. The number of furan rings is 1. The van der Waals surface area contributed by atoms with Crippen LogP contribution in [0.25, 0.3) is 0 Å². The van der Waals surface area contributed by atoms with Gasteiger partial charge in [-0.3, -0.25) is 4.79 Å². The molecule has 0 bridgehead atoms. The van der Waals surface area contributed by atoms with Gasteiger partial charge in [0.05, 0.1) is 6.26 Å². The lowest BCUT2D eigenvalue weighted by Crippen LogP contribution is -2.42. The van der Waals surface area contributed by atoms with E-state index in [-0.39, 0.29) is 17.9 Å². The third-order valence-electron chi connectivity index (χ3n) is 5.01. The van der Waals surface area contributed by atoms with Gasteiger partial charge in [-0.1, -0.05) is 34.1 Å². The third-order valence-corrected chi connectivity index (χ3v) is 5.70. The second kappa shape index (κ2) is 9.28. The van der Waals surface area contributed by atoms with E-state index in [4.69, 9.17) is 4.42 Å². The average molecular weight is 447 g/mol. The molecule has 1 heterocycles. The molecule has 0 saturated heterocycles. The number of carbonyl (C=O) groups is 1. The zero-order chi connectivity index (χ0) is 20.0. The Morgan fingerprint density at radius 3 is 2.64 bits per heavy atom. The van der Waals surface area contributed by atoms with Crippen LogP contribution in [0.4, 0.5) is 0 Å². The summed E-state index contributed by atoms with van der Waals surface area (Å²) in [5, 5.41) is 6.75. The van der Waals surface area contributed by atoms with Gasteiger partial charge in [-0.2, -0.15) is 0 Å². The molecule has 1 amide bonds. The van der Waals surface area contributed by atoms with Gasteiger partial charge in [0.2, 0.25) is 5.91 Å². The molecule has 1 aliphatic carbocycles. The molecule has 0 unspecified atom stereocenters. The van der Waals surface area contributed by atoms with Crippen LogP contribution in [0.1, 0.15) is 24.2 Å². The lowest BCUT2D eigenvalue weighted by molar-refractivity contribution is -0.127. The summed E-state index contributed by atoms with van der Waals surface area (Å²) in [7, 11) is 3.48. The molecule has 7 heteroatoms. The molecule has 3 rings (SSSR count). The van der Waals surface area contributed by atoms with Crippen LogP contribution in [0.15, 0.2) is 56.5 Å². The molecule has 1 aliphatic rings. The number of nitrogens with one attached hydrogen (secondary N) is 2. The highest BCUT2D eigenvalue weighted by molar-refractivity contribution is 9.10. The highest BCUT2D eigenvalue weighted by atomic mass is 79.9. The fourth-order valence-corrected chi connectivity index (χ4v) is 3.76. The molecule has 0 aliphatic heterocycles. The number of nitrogens with zero attached hydrogens (tertiary/aromatic N) is 2. The van der Waals surface area contributed by atoms with Gasteiger partial charge in [-0.15, -0.1) is 0 Å². The number of amides is 1. The molecule has 2 N–H and O–H groups in total. The Bertz CT molecular complexity index is 814. The Labute approximate surface area is 174 Å². The maximum atomic E-state index is 11.9. The first-order valence-electron chi connectivity index (χ1n) is 9.50. The van der Waals surface area contributed by atoms with Crippen molar-refractivity contribution in [3.8, 4) is 0 Å². The lowest BCUT2D eigenvalue weighted by Gasteiger charge is -2.20. The summed E-state index contributed by atoms with van der Waals surface area (Å²) in [6.45, 7) is 1.57. The molecule has 0 radical (unpaired) electrons. The molecule has 2 aromatic rings. The van der Waals surface area contributed by atoms with Crippen molar-refractivity contribution in [2.75, 3.05) is 33.7 Å². The second-order valence-corrected chi connectivity index (χ2v) is 8.18. The summed E-state index contributed by atoms with van der Waals surface area (Å²) < 4.78 is 6.51. The number of hydrogen-bond donors (Lipinski definition) is 2. The first kappa shape index (κ1) is 20.5. The number of rotatable bonds is 8. The van der Waals surface area contributed by atoms with Crippen molar-refractivity contribution in [3.63, 3.8) is 0 Å². The fourth-order valence-electron chi connectivity index (χ4n) is 3.06. The maximum absolute atomic E-state index is 11.9. The molecule has 1 aromatic heterocycles.